The van der Waals surface area contributed by atoms with Gasteiger partial charge in [0.05, 0.1) is 12.6 Å². The van der Waals surface area contributed by atoms with Crippen molar-refractivity contribution in [1.29, 1.82) is 0 Å². The Morgan fingerprint density at radius 3 is 2.42 bits per heavy atom. The Bertz CT molecular complexity index is 275. The molecule has 1 heterocycles. The monoisotopic (exact) mass is 268 g/mol. The van der Waals surface area contributed by atoms with Gasteiger partial charge in [0.1, 0.15) is 0 Å². The highest BCUT2D eigenvalue weighted by Crippen LogP contribution is 2.23. The van der Waals surface area contributed by atoms with Crippen LogP contribution in [0.5, 0.6) is 0 Å². The Balaban J connectivity index is 1.65. The van der Waals surface area contributed by atoms with Gasteiger partial charge < -0.3 is 15.3 Å². The van der Waals surface area contributed by atoms with E-state index in [9.17, 15) is 9.90 Å². The van der Waals surface area contributed by atoms with Gasteiger partial charge in [0.15, 0.2) is 0 Å². The average molecular weight is 268 g/mol. The molecule has 0 aromatic carbocycles. The van der Waals surface area contributed by atoms with E-state index in [1.807, 2.05) is 4.90 Å². The molecule has 4 heteroatoms. The molecule has 1 saturated carbocycles. The van der Waals surface area contributed by atoms with Crippen molar-refractivity contribution in [3.8, 4) is 0 Å². The van der Waals surface area contributed by atoms with Crippen molar-refractivity contribution in [3.05, 3.63) is 0 Å². The van der Waals surface area contributed by atoms with Crippen LogP contribution >= 0.6 is 0 Å². The van der Waals surface area contributed by atoms with Crippen molar-refractivity contribution in [3.63, 3.8) is 0 Å². The van der Waals surface area contributed by atoms with Gasteiger partial charge in [-0.3, -0.25) is 4.79 Å². The Morgan fingerprint density at radius 1 is 1.05 bits per heavy atom. The van der Waals surface area contributed by atoms with Crippen molar-refractivity contribution in [2.75, 3.05) is 26.2 Å². The molecule has 2 unspecified atom stereocenters. The van der Waals surface area contributed by atoms with Crippen LogP contribution in [0.25, 0.3) is 0 Å². The van der Waals surface area contributed by atoms with E-state index in [1.165, 1.54) is 19.3 Å². The van der Waals surface area contributed by atoms with Crippen molar-refractivity contribution in [1.82, 2.24) is 10.2 Å². The molecule has 1 saturated heterocycles. The zero-order valence-electron chi connectivity index (χ0n) is 11.9. The van der Waals surface area contributed by atoms with Crippen LogP contribution < -0.4 is 5.32 Å². The molecule has 0 aromatic heterocycles. The first-order valence-corrected chi connectivity index (χ1v) is 7.94. The summed E-state index contributed by atoms with van der Waals surface area (Å²) in [5.74, 6) is 0.567. The summed E-state index contributed by atoms with van der Waals surface area (Å²) in [4.78, 5) is 14.1. The summed E-state index contributed by atoms with van der Waals surface area (Å²) >= 11 is 0. The van der Waals surface area contributed by atoms with E-state index < -0.39 is 0 Å². The quantitative estimate of drug-likeness (QED) is 0.813. The van der Waals surface area contributed by atoms with Crippen LogP contribution in [0.1, 0.15) is 51.4 Å². The second kappa shape index (κ2) is 7.85. The predicted molar refractivity (Wildman–Crippen MR) is 75.9 cm³/mol. The van der Waals surface area contributed by atoms with Crippen LogP contribution in [0.2, 0.25) is 0 Å². The molecule has 2 N–H and O–H groups in total. The first kappa shape index (κ1) is 14.8. The lowest BCUT2D eigenvalue weighted by molar-refractivity contribution is -0.130. The maximum atomic E-state index is 12.1. The topological polar surface area (TPSA) is 52.6 Å². The summed E-state index contributed by atoms with van der Waals surface area (Å²) in [6.45, 7) is 3.06. The van der Waals surface area contributed by atoms with Gasteiger partial charge >= 0.3 is 0 Å². The van der Waals surface area contributed by atoms with Gasteiger partial charge in [-0.1, -0.05) is 25.7 Å². The summed E-state index contributed by atoms with van der Waals surface area (Å²) in [6, 6.07) is 0. The maximum Gasteiger partial charge on any atom is 0.236 e. The fraction of sp³-hybridized carbons (Fsp3) is 0.933. The average Bonchev–Trinajstić information content (AvgIpc) is 2.70. The smallest absolute Gasteiger partial charge is 0.236 e. The lowest BCUT2D eigenvalue weighted by atomic mass is 9.86. The highest BCUT2D eigenvalue weighted by Gasteiger charge is 2.23. The molecular formula is C15H28N2O2. The molecule has 2 atom stereocenters. The van der Waals surface area contributed by atoms with Gasteiger partial charge in [-0.25, -0.2) is 0 Å². The molecule has 2 aliphatic rings. The number of aliphatic hydroxyl groups is 1. The molecule has 19 heavy (non-hydrogen) atoms. The summed E-state index contributed by atoms with van der Waals surface area (Å²) in [6.07, 6.45) is 9.00. The van der Waals surface area contributed by atoms with Gasteiger partial charge in [-0.15, -0.1) is 0 Å². The third kappa shape index (κ3) is 4.77. The minimum absolute atomic E-state index is 0.172. The Labute approximate surface area is 116 Å². The molecule has 0 bridgehead atoms. The fourth-order valence-electron chi connectivity index (χ4n) is 3.22. The highest BCUT2D eigenvalue weighted by molar-refractivity contribution is 5.78. The van der Waals surface area contributed by atoms with Gasteiger partial charge in [0.2, 0.25) is 5.91 Å². The van der Waals surface area contributed by atoms with Crippen LogP contribution in [-0.4, -0.2) is 48.2 Å². The molecular weight excluding hydrogens is 240 g/mol. The normalized spacial score (nSPS) is 29.0. The van der Waals surface area contributed by atoms with Crippen molar-refractivity contribution >= 4 is 5.91 Å². The molecule has 0 aromatic rings. The van der Waals surface area contributed by atoms with Crippen LogP contribution in [-0.2, 0) is 4.79 Å². The lowest BCUT2D eigenvalue weighted by Crippen LogP contribution is -2.41. The summed E-state index contributed by atoms with van der Waals surface area (Å²) in [5, 5.41) is 13.1. The number of hydrogen-bond donors (Lipinski definition) is 2. The van der Waals surface area contributed by atoms with E-state index in [4.69, 9.17) is 0 Å². The van der Waals surface area contributed by atoms with Gasteiger partial charge in [0, 0.05) is 19.6 Å². The second-order valence-corrected chi connectivity index (χ2v) is 6.04. The highest BCUT2D eigenvalue weighted by atomic mass is 16.3. The number of carbonyl (C=O) groups excluding carboxylic acids is 1. The molecule has 1 aliphatic heterocycles. The zero-order chi connectivity index (χ0) is 13.5. The number of nitrogens with one attached hydrogen (secondary N) is 1. The number of rotatable bonds is 4. The Kier molecular flexibility index (Phi) is 6.11. The molecule has 0 radical (unpaired) electrons. The number of nitrogens with zero attached hydrogens (tertiary/aromatic N) is 1. The SMILES string of the molecule is O=C(CNCC1CCCCC1O)N1CCCCCC1. The Hall–Kier alpha value is -0.610. The van der Waals surface area contributed by atoms with Crippen molar-refractivity contribution in [2.45, 2.75) is 57.5 Å². The molecule has 2 fully saturated rings. The molecule has 110 valence electrons. The van der Waals surface area contributed by atoms with Gasteiger partial charge in [-0.05, 0) is 31.6 Å². The number of carbonyl (C=O) groups is 1. The predicted octanol–water partition coefficient (Wildman–Crippen LogP) is 1.53. The van der Waals surface area contributed by atoms with Crippen LogP contribution in [0.3, 0.4) is 0 Å². The minimum Gasteiger partial charge on any atom is -0.393 e. The van der Waals surface area contributed by atoms with E-state index in [-0.39, 0.29) is 12.0 Å². The lowest BCUT2D eigenvalue weighted by Gasteiger charge is -2.28. The van der Waals surface area contributed by atoms with Crippen LogP contribution in [0.4, 0.5) is 0 Å². The molecule has 4 nitrogen and oxygen atoms in total. The summed E-state index contributed by atoms with van der Waals surface area (Å²) in [5.41, 5.74) is 0. The van der Waals surface area contributed by atoms with E-state index >= 15 is 0 Å². The fourth-order valence-corrected chi connectivity index (χ4v) is 3.22. The van der Waals surface area contributed by atoms with Gasteiger partial charge in [0.25, 0.3) is 0 Å². The first-order chi connectivity index (χ1) is 9.27. The third-order valence-corrected chi connectivity index (χ3v) is 4.51. The van der Waals surface area contributed by atoms with Crippen LogP contribution in [0, 0.1) is 5.92 Å². The summed E-state index contributed by atoms with van der Waals surface area (Å²) in [7, 11) is 0. The van der Waals surface area contributed by atoms with E-state index in [2.05, 4.69) is 5.32 Å². The van der Waals surface area contributed by atoms with E-state index in [1.54, 1.807) is 0 Å². The van der Waals surface area contributed by atoms with Crippen LogP contribution in [0.15, 0.2) is 0 Å². The molecule has 0 spiro atoms. The molecule has 1 aliphatic carbocycles. The standard InChI is InChI=1S/C15H28N2O2/c18-14-8-4-3-7-13(14)11-16-12-15(19)17-9-5-1-2-6-10-17/h13-14,16,18H,1-12H2. The number of aliphatic hydroxyl groups excluding tert-OH is 1. The number of likely N-dealkylation sites (tertiary alicyclic amines) is 1. The Morgan fingerprint density at radius 2 is 1.74 bits per heavy atom. The molecule has 1 amide bonds. The van der Waals surface area contributed by atoms with Gasteiger partial charge in [-0.2, -0.15) is 0 Å². The largest absolute Gasteiger partial charge is 0.393 e. The number of hydrogen-bond acceptors (Lipinski definition) is 3. The van der Waals surface area contributed by atoms with E-state index in [0.29, 0.717) is 12.5 Å². The number of amides is 1. The summed E-state index contributed by atoms with van der Waals surface area (Å²) < 4.78 is 0. The van der Waals surface area contributed by atoms with Crippen molar-refractivity contribution < 1.29 is 9.90 Å². The molecule has 2 rings (SSSR count). The first-order valence-electron chi connectivity index (χ1n) is 7.94. The van der Waals surface area contributed by atoms with E-state index in [0.717, 1.165) is 51.7 Å². The minimum atomic E-state index is -0.172. The third-order valence-electron chi connectivity index (χ3n) is 4.51. The second-order valence-electron chi connectivity index (χ2n) is 6.04. The van der Waals surface area contributed by atoms with Crippen molar-refractivity contribution in [2.24, 2.45) is 5.92 Å². The maximum absolute atomic E-state index is 12.1. The zero-order valence-corrected chi connectivity index (χ0v) is 11.9.